The molecule has 0 spiro atoms. The molecule has 0 aliphatic carbocycles. The third-order valence-corrected chi connectivity index (χ3v) is 6.21. The lowest BCUT2D eigenvalue weighted by Crippen LogP contribution is -2.41. The van der Waals surface area contributed by atoms with Crippen molar-refractivity contribution in [2.75, 3.05) is 38.1 Å². The number of amides is 1. The average Bonchev–Trinajstić information content (AvgIpc) is 3.58. The Hall–Kier alpha value is -4.54. The van der Waals surface area contributed by atoms with Crippen molar-refractivity contribution in [1.82, 2.24) is 19.5 Å². The highest BCUT2D eigenvalue weighted by atomic mass is 16.5. The third kappa shape index (κ3) is 4.19. The fraction of sp³-hybridized carbons (Fsp3) is 0.280. The van der Waals surface area contributed by atoms with E-state index >= 15 is 0 Å². The van der Waals surface area contributed by atoms with Crippen molar-refractivity contribution in [2.45, 2.75) is 18.9 Å². The number of imidazole rings is 1. The van der Waals surface area contributed by atoms with Crippen LogP contribution >= 0.6 is 0 Å². The van der Waals surface area contributed by atoms with E-state index < -0.39 is 6.04 Å². The maximum Gasteiger partial charge on any atom is 0.240 e. The molecule has 11 heteroatoms. The number of carbonyl (C=O) groups excluding carboxylic acids is 1. The lowest BCUT2D eigenvalue weighted by atomic mass is 10.2. The second kappa shape index (κ2) is 9.61. The summed E-state index contributed by atoms with van der Waals surface area (Å²) in [5, 5.41) is 4.14. The molecule has 36 heavy (non-hydrogen) atoms. The van der Waals surface area contributed by atoms with Gasteiger partial charge in [-0.15, -0.1) is 0 Å². The van der Waals surface area contributed by atoms with E-state index in [1.807, 2.05) is 52.1 Å². The standard InChI is InChI=1S/C25H27N7O4/c1-34-19-11-15(12-20(35-2)22(19)36-3)31-13-21(27-14-31)29-24-16-7-4-5-8-17(16)28-25(30-24)32-10-6-9-18(32)23(26)33/h4-5,7-8,11-14,18H,6,9-10H2,1-3H3,(H2,26,33)(H,28,29,30)/t18-/m0/s1. The molecule has 1 amide bonds. The number of nitrogens with one attached hydrogen (secondary N) is 1. The molecule has 3 heterocycles. The topological polar surface area (TPSA) is 130 Å². The first-order chi connectivity index (χ1) is 17.5. The monoisotopic (exact) mass is 489 g/mol. The second-order valence-electron chi connectivity index (χ2n) is 8.32. The van der Waals surface area contributed by atoms with Crippen molar-refractivity contribution < 1.29 is 19.0 Å². The molecular weight excluding hydrogens is 462 g/mol. The van der Waals surface area contributed by atoms with Gasteiger partial charge in [-0.05, 0) is 25.0 Å². The maximum absolute atomic E-state index is 12.0. The number of hydrogen-bond acceptors (Lipinski definition) is 9. The zero-order chi connectivity index (χ0) is 25.2. The number of fused-ring (bicyclic) bond motifs is 1. The van der Waals surface area contributed by atoms with Gasteiger partial charge in [0.15, 0.2) is 11.5 Å². The third-order valence-electron chi connectivity index (χ3n) is 6.21. The summed E-state index contributed by atoms with van der Waals surface area (Å²) in [6.45, 7) is 0.668. The molecule has 186 valence electrons. The van der Waals surface area contributed by atoms with Crippen molar-refractivity contribution in [3.63, 3.8) is 0 Å². The smallest absolute Gasteiger partial charge is 0.240 e. The number of aromatic nitrogens is 4. The summed E-state index contributed by atoms with van der Waals surface area (Å²) in [6, 6.07) is 10.9. The fourth-order valence-electron chi connectivity index (χ4n) is 4.46. The molecule has 11 nitrogen and oxygen atoms in total. The van der Waals surface area contributed by atoms with Gasteiger partial charge in [-0.2, -0.15) is 4.98 Å². The lowest BCUT2D eigenvalue weighted by Gasteiger charge is -2.23. The normalized spacial score (nSPS) is 15.2. The van der Waals surface area contributed by atoms with E-state index in [9.17, 15) is 4.79 Å². The summed E-state index contributed by atoms with van der Waals surface area (Å²) in [5.74, 6) is 2.84. The lowest BCUT2D eigenvalue weighted by molar-refractivity contribution is -0.119. The van der Waals surface area contributed by atoms with Crippen LogP contribution < -0.4 is 30.2 Å². The number of nitrogens with zero attached hydrogens (tertiary/aromatic N) is 5. The van der Waals surface area contributed by atoms with E-state index in [-0.39, 0.29) is 5.91 Å². The number of nitrogens with two attached hydrogens (primary N) is 1. The minimum absolute atomic E-state index is 0.372. The molecule has 3 N–H and O–H groups in total. The fourth-order valence-corrected chi connectivity index (χ4v) is 4.46. The van der Waals surface area contributed by atoms with E-state index in [4.69, 9.17) is 29.9 Å². The van der Waals surface area contributed by atoms with Crippen LogP contribution in [0.4, 0.5) is 17.6 Å². The highest BCUT2D eigenvalue weighted by Crippen LogP contribution is 2.39. The predicted molar refractivity (Wildman–Crippen MR) is 136 cm³/mol. The van der Waals surface area contributed by atoms with E-state index in [1.54, 1.807) is 27.7 Å². The van der Waals surface area contributed by atoms with Gasteiger partial charge < -0.3 is 34.7 Å². The van der Waals surface area contributed by atoms with Crippen molar-refractivity contribution in [2.24, 2.45) is 5.73 Å². The Balaban J connectivity index is 1.50. The average molecular weight is 490 g/mol. The Morgan fingerprint density at radius 3 is 2.53 bits per heavy atom. The number of hydrogen-bond donors (Lipinski definition) is 2. The minimum Gasteiger partial charge on any atom is -0.493 e. The molecule has 0 bridgehead atoms. The zero-order valence-corrected chi connectivity index (χ0v) is 20.3. The van der Waals surface area contributed by atoms with Crippen LogP contribution in [-0.2, 0) is 4.79 Å². The molecular formula is C25H27N7O4. The van der Waals surface area contributed by atoms with Gasteiger partial charge in [0, 0.05) is 24.1 Å². The Bertz CT molecular complexity index is 1400. The van der Waals surface area contributed by atoms with Crippen LogP contribution in [0.2, 0.25) is 0 Å². The Labute approximate surface area is 207 Å². The second-order valence-corrected chi connectivity index (χ2v) is 8.32. The van der Waals surface area contributed by atoms with Crippen LogP contribution in [0.3, 0.4) is 0 Å². The summed E-state index contributed by atoms with van der Waals surface area (Å²) < 4.78 is 18.2. The molecule has 1 aliphatic rings. The van der Waals surface area contributed by atoms with Crippen LogP contribution in [0.15, 0.2) is 48.9 Å². The number of anilines is 3. The quantitative estimate of drug-likeness (QED) is 0.383. The van der Waals surface area contributed by atoms with Crippen LogP contribution in [0.5, 0.6) is 17.2 Å². The molecule has 0 radical (unpaired) electrons. The molecule has 4 aromatic rings. The molecule has 1 saturated heterocycles. The van der Waals surface area contributed by atoms with Crippen LogP contribution in [0.25, 0.3) is 16.6 Å². The summed E-state index contributed by atoms with van der Waals surface area (Å²) in [6.07, 6.45) is 5.05. The van der Waals surface area contributed by atoms with E-state index in [1.165, 1.54) is 0 Å². The molecule has 1 fully saturated rings. The van der Waals surface area contributed by atoms with Gasteiger partial charge in [-0.1, -0.05) is 12.1 Å². The summed E-state index contributed by atoms with van der Waals surface area (Å²) in [5.41, 5.74) is 7.16. The number of methoxy groups -OCH3 is 3. The SMILES string of the molecule is COc1cc(-n2cnc(Nc3nc(N4CCC[C@H]4C(N)=O)nc4ccccc34)c2)cc(OC)c1OC. The van der Waals surface area contributed by atoms with Gasteiger partial charge in [0.05, 0.1) is 38.7 Å². The van der Waals surface area contributed by atoms with Gasteiger partial charge in [-0.25, -0.2) is 9.97 Å². The zero-order valence-electron chi connectivity index (χ0n) is 20.3. The van der Waals surface area contributed by atoms with Crippen LogP contribution in [0, 0.1) is 0 Å². The number of para-hydroxylation sites is 1. The minimum atomic E-state index is -0.418. The summed E-state index contributed by atoms with van der Waals surface area (Å²) in [7, 11) is 4.71. The highest BCUT2D eigenvalue weighted by Gasteiger charge is 2.31. The van der Waals surface area contributed by atoms with Gasteiger partial charge in [0.1, 0.15) is 24.0 Å². The number of primary amides is 1. The largest absolute Gasteiger partial charge is 0.493 e. The van der Waals surface area contributed by atoms with Gasteiger partial charge in [-0.3, -0.25) is 4.79 Å². The van der Waals surface area contributed by atoms with Crippen molar-refractivity contribution in [1.29, 1.82) is 0 Å². The molecule has 1 aliphatic heterocycles. The molecule has 1 atom stereocenters. The maximum atomic E-state index is 12.0. The molecule has 5 rings (SSSR count). The Kier molecular flexibility index (Phi) is 6.19. The number of ether oxygens (including phenoxy) is 3. The first-order valence-corrected chi connectivity index (χ1v) is 11.5. The van der Waals surface area contributed by atoms with Gasteiger partial charge in [0.2, 0.25) is 17.6 Å². The Morgan fingerprint density at radius 1 is 1.08 bits per heavy atom. The van der Waals surface area contributed by atoms with Gasteiger partial charge >= 0.3 is 0 Å². The number of rotatable bonds is 8. The van der Waals surface area contributed by atoms with Crippen LogP contribution in [-0.4, -0.2) is 59.3 Å². The first-order valence-electron chi connectivity index (χ1n) is 11.5. The summed E-state index contributed by atoms with van der Waals surface area (Å²) in [4.78, 5) is 27.8. The number of carbonyl (C=O) groups is 1. The van der Waals surface area contributed by atoms with Gasteiger partial charge in [0.25, 0.3) is 0 Å². The summed E-state index contributed by atoms with van der Waals surface area (Å²) >= 11 is 0. The molecule has 2 aromatic heterocycles. The number of benzene rings is 2. The predicted octanol–water partition coefficient (Wildman–Crippen LogP) is 3.04. The van der Waals surface area contributed by atoms with Crippen molar-refractivity contribution in [3.8, 4) is 22.9 Å². The molecule has 2 aromatic carbocycles. The van der Waals surface area contributed by atoms with E-state index in [0.717, 1.165) is 23.0 Å². The molecule has 0 saturated carbocycles. The first kappa shape index (κ1) is 23.2. The van der Waals surface area contributed by atoms with Crippen molar-refractivity contribution in [3.05, 3.63) is 48.9 Å². The molecule has 0 unspecified atom stereocenters. The van der Waals surface area contributed by atoms with Crippen molar-refractivity contribution >= 4 is 34.4 Å². The van der Waals surface area contributed by atoms with E-state index in [2.05, 4.69) is 10.3 Å². The Morgan fingerprint density at radius 2 is 1.83 bits per heavy atom. The van der Waals surface area contributed by atoms with E-state index in [0.29, 0.717) is 47.8 Å². The van der Waals surface area contributed by atoms with Crippen LogP contribution in [0.1, 0.15) is 12.8 Å². The highest BCUT2D eigenvalue weighted by molar-refractivity contribution is 5.92.